The lowest BCUT2D eigenvalue weighted by atomic mass is 9.98. The Labute approximate surface area is 167 Å². The molecule has 0 saturated carbocycles. The number of rotatable bonds is 5. The van der Waals surface area contributed by atoms with Gasteiger partial charge in [0.05, 0.1) is 10.9 Å². The van der Waals surface area contributed by atoms with Crippen LogP contribution in [0.4, 0.5) is 0 Å². The molecule has 0 radical (unpaired) electrons. The molecule has 28 heavy (non-hydrogen) atoms. The minimum Gasteiger partial charge on any atom is -0.508 e. The number of aromatic hydroxyl groups is 1. The molecule has 0 bridgehead atoms. The van der Waals surface area contributed by atoms with Gasteiger partial charge >= 0.3 is 0 Å². The Morgan fingerprint density at radius 2 is 1.43 bits per heavy atom. The number of benzene rings is 3. The maximum absolute atomic E-state index is 13.0. The van der Waals surface area contributed by atoms with Crippen molar-refractivity contribution in [3.05, 3.63) is 113 Å². The van der Waals surface area contributed by atoms with Gasteiger partial charge in [-0.1, -0.05) is 72.8 Å². The number of hydrogen-bond acceptors (Lipinski definition) is 3. The second-order valence-corrected chi connectivity index (χ2v) is 7.53. The van der Waals surface area contributed by atoms with Crippen molar-refractivity contribution in [3.8, 4) is 16.2 Å². The number of nitrogens with one attached hydrogen (secondary N) is 1. The summed E-state index contributed by atoms with van der Waals surface area (Å²) in [6, 6.07) is 30.5. The second-order valence-electron chi connectivity index (χ2n) is 6.44. The van der Waals surface area contributed by atoms with Crippen molar-refractivity contribution in [1.82, 2.24) is 5.32 Å². The molecule has 138 valence electrons. The van der Waals surface area contributed by atoms with Crippen molar-refractivity contribution in [1.29, 1.82) is 0 Å². The molecule has 1 amide bonds. The molecular weight excluding hydrogens is 366 g/mol. The highest BCUT2D eigenvalue weighted by Crippen LogP contribution is 2.31. The van der Waals surface area contributed by atoms with Crippen LogP contribution in [0.1, 0.15) is 26.8 Å². The van der Waals surface area contributed by atoms with Crippen molar-refractivity contribution in [3.63, 3.8) is 0 Å². The SMILES string of the molecule is O=C(NC(c1ccccc1)c1ccccc1)c1ccc(-c2cccc(O)c2)s1. The van der Waals surface area contributed by atoms with E-state index in [9.17, 15) is 9.90 Å². The number of phenolic OH excluding ortho intramolecular Hbond substituents is 1. The zero-order chi connectivity index (χ0) is 19.3. The van der Waals surface area contributed by atoms with Gasteiger partial charge in [0.1, 0.15) is 5.75 Å². The molecule has 0 aliphatic carbocycles. The molecule has 4 rings (SSSR count). The maximum Gasteiger partial charge on any atom is 0.262 e. The van der Waals surface area contributed by atoms with Crippen LogP contribution in [0.3, 0.4) is 0 Å². The molecule has 0 aliphatic heterocycles. The van der Waals surface area contributed by atoms with Crippen LogP contribution in [-0.4, -0.2) is 11.0 Å². The minimum atomic E-state index is -0.221. The first kappa shape index (κ1) is 18.0. The highest BCUT2D eigenvalue weighted by atomic mass is 32.1. The van der Waals surface area contributed by atoms with Gasteiger partial charge in [-0.3, -0.25) is 4.79 Å². The molecule has 3 aromatic carbocycles. The van der Waals surface area contributed by atoms with E-state index in [0.717, 1.165) is 21.6 Å². The van der Waals surface area contributed by atoms with E-state index in [1.54, 1.807) is 18.2 Å². The highest BCUT2D eigenvalue weighted by molar-refractivity contribution is 7.17. The molecule has 3 nitrogen and oxygen atoms in total. The Morgan fingerprint density at radius 1 is 0.786 bits per heavy atom. The standard InChI is InChI=1S/C24H19NO2S/c26-20-13-7-12-19(16-20)21-14-15-22(28-21)24(27)25-23(17-8-3-1-4-9-17)18-10-5-2-6-11-18/h1-16,23,26H,(H,25,27). The number of amides is 1. The van der Waals surface area contributed by atoms with E-state index in [0.29, 0.717) is 4.88 Å². The molecule has 0 saturated heterocycles. The van der Waals surface area contributed by atoms with Gasteiger partial charge < -0.3 is 10.4 Å². The predicted molar refractivity (Wildman–Crippen MR) is 114 cm³/mol. The van der Waals surface area contributed by atoms with Crippen molar-refractivity contribution >= 4 is 17.2 Å². The predicted octanol–water partition coefficient (Wildman–Crippen LogP) is 5.64. The molecule has 4 aromatic rings. The first-order valence-corrected chi connectivity index (χ1v) is 9.82. The number of phenols is 1. The summed E-state index contributed by atoms with van der Waals surface area (Å²) in [5, 5.41) is 12.9. The molecular formula is C24H19NO2S. The van der Waals surface area contributed by atoms with E-state index in [4.69, 9.17) is 0 Å². The van der Waals surface area contributed by atoms with Crippen LogP contribution in [-0.2, 0) is 0 Å². The number of hydrogen-bond donors (Lipinski definition) is 2. The van der Waals surface area contributed by atoms with E-state index in [2.05, 4.69) is 5.32 Å². The van der Waals surface area contributed by atoms with E-state index in [-0.39, 0.29) is 17.7 Å². The van der Waals surface area contributed by atoms with Crippen LogP contribution in [0.25, 0.3) is 10.4 Å². The number of carbonyl (C=O) groups excluding carboxylic acids is 1. The van der Waals surface area contributed by atoms with Crippen LogP contribution < -0.4 is 5.32 Å². The van der Waals surface area contributed by atoms with Crippen LogP contribution in [0.2, 0.25) is 0 Å². The Kier molecular flexibility index (Phi) is 5.22. The topological polar surface area (TPSA) is 49.3 Å². The summed E-state index contributed by atoms with van der Waals surface area (Å²) in [4.78, 5) is 14.5. The first-order chi connectivity index (χ1) is 13.7. The zero-order valence-corrected chi connectivity index (χ0v) is 15.9. The molecule has 1 aromatic heterocycles. The fraction of sp³-hybridized carbons (Fsp3) is 0.0417. The smallest absolute Gasteiger partial charge is 0.262 e. The first-order valence-electron chi connectivity index (χ1n) is 9.01. The lowest BCUT2D eigenvalue weighted by Gasteiger charge is -2.19. The average molecular weight is 385 g/mol. The third-order valence-electron chi connectivity index (χ3n) is 4.50. The van der Waals surface area contributed by atoms with Gasteiger partial charge in [-0.05, 0) is 41.0 Å². The van der Waals surface area contributed by atoms with Crippen molar-refractivity contribution in [2.75, 3.05) is 0 Å². The van der Waals surface area contributed by atoms with Gasteiger partial charge in [-0.15, -0.1) is 11.3 Å². The summed E-state index contributed by atoms with van der Waals surface area (Å²) in [5.74, 6) is 0.0965. The monoisotopic (exact) mass is 385 g/mol. The van der Waals surface area contributed by atoms with Crippen molar-refractivity contribution in [2.45, 2.75) is 6.04 Å². The Hall–Kier alpha value is -3.37. The molecule has 4 heteroatoms. The summed E-state index contributed by atoms with van der Waals surface area (Å²) in [6.07, 6.45) is 0. The third-order valence-corrected chi connectivity index (χ3v) is 5.63. The quantitative estimate of drug-likeness (QED) is 0.467. The Balaban J connectivity index is 1.60. The third kappa shape index (κ3) is 3.97. The molecule has 0 atom stereocenters. The van der Waals surface area contributed by atoms with Crippen LogP contribution in [0, 0.1) is 0 Å². The Bertz CT molecular complexity index is 1030. The fourth-order valence-electron chi connectivity index (χ4n) is 3.13. The minimum absolute atomic E-state index is 0.117. The zero-order valence-electron chi connectivity index (χ0n) is 15.1. The van der Waals surface area contributed by atoms with Gasteiger partial charge in [0.25, 0.3) is 5.91 Å². The van der Waals surface area contributed by atoms with Crippen molar-refractivity contribution in [2.24, 2.45) is 0 Å². The van der Waals surface area contributed by atoms with E-state index in [1.807, 2.05) is 78.9 Å². The molecule has 2 N–H and O–H groups in total. The summed E-state index contributed by atoms with van der Waals surface area (Å²) >= 11 is 1.41. The number of thiophene rings is 1. The Morgan fingerprint density at radius 3 is 2.04 bits per heavy atom. The van der Waals surface area contributed by atoms with Gasteiger partial charge in [-0.2, -0.15) is 0 Å². The lowest BCUT2D eigenvalue weighted by molar-refractivity contribution is 0.0947. The summed E-state index contributed by atoms with van der Waals surface area (Å²) < 4.78 is 0. The largest absolute Gasteiger partial charge is 0.508 e. The summed E-state index contributed by atoms with van der Waals surface area (Å²) in [5.41, 5.74) is 2.96. The lowest BCUT2D eigenvalue weighted by Crippen LogP contribution is -2.28. The van der Waals surface area contributed by atoms with Crippen LogP contribution in [0.5, 0.6) is 5.75 Å². The fourth-order valence-corrected chi connectivity index (χ4v) is 4.03. The number of carbonyl (C=O) groups is 1. The van der Waals surface area contributed by atoms with Crippen LogP contribution >= 0.6 is 11.3 Å². The molecule has 0 unspecified atom stereocenters. The maximum atomic E-state index is 13.0. The summed E-state index contributed by atoms with van der Waals surface area (Å²) in [6.45, 7) is 0. The molecule has 0 spiro atoms. The molecule has 0 aliphatic rings. The highest BCUT2D eigenvalue weighted by Gasteiger charge is 2.19. The molecule has 0 fully saturated rings. The average Bonchev–Trinajstić information content (AvgIpc) is 3.24. The van der Waals surface area contributed by atoms with Crippen LogP contribution in [0.15, 0.2) is 97.1 Å². The van der Waals surface area contributed by atoms with E-state index in [1.165, 1.54) is 11.3 Å². The second kappa shape index (κ2) is 8.11. The van der Waals surface area contributed by atoms with Gasteiger partial charge in [0.15, 0.2) is 0 Å². The van der Waals surface area contributed by atoms with E-state index >= 15 is 0 Å². The summed E-state index contributed by atoms with van der Waals surface area (Å²) in [7, 11) is 0. The van der Waals surface area contributed by atoms with Crippen molar-refractivity contribution < 1.29 is 9.90 Å². The normalized spacial score (nSPS) is 10.8. The molecule has 1 heterocycles. The van der Waals surface area contributed by atoms with Gasteiger partial charge in [-0.25, -0.2) is 0 Å². The van der Waals surface area contributed by atoms with Gasteiger partial charge in [0.2, 0.25) is 0 Å². The van der Waals surface area contributed by atoms with Gasteiger partial charge in [0, 0.05) is 4.88 Å². The van der Waals surface area contributed by atoms with E-state index < -0.39 is 0 Å².